The Morgan fingerprint density at radius 2 is 1.69 bits per heavy atom. The lowest BCUT2D eigenvalue weighted by Crippen LogP contribution is -2.71. The van der Waals surface area contributed by atoms with Crippen LogP contribution >= 0.6 is 0 Å². The summed E-state index contributed by atoms with van der Waals surface area (Å²) >= 11 is 0. The highest BCUT2D eigenvalue weighted by molar-refractivity contribution is 5.94. The van der Waals surface area contributed by atoms with Gasteiger partial charge in [-0.2, -0.15) is 0 Å². The number of esters is 1. The molecule has 144 valence electrons. The number of rotatable bonds is 3. The molecule has 0 radical (unpaired) electrons. The Bertz CT molecular complexity index is 656. The van der Waals surface area contributed by atoms with E-state index in [1.807, 2.05) is 25.7 Å². The first kappa shape index (κ1) is 17.6. The molecular weight excluding hydrogens is 336 g/mol. The van der Waals surface area contributed by atoms with Gasteiger partial charge in [0.25, 0.3) is 0 Å². The summed E-state index contributed by atoms with van der Waals surface area (Å²) in [5, 5.41) is 2.98. The lowest BCUT2D eigenvalue weighted by atomic mass is 9.34. The molecule has 2 bridgehead atoms. The van der Waals surface area contributed by atoms with Crippen LogP contribution in [0, 0.1) is 16.2 Å². The van der Waals surface area contributed by atoms with Crippen molar-refractivity contribution in [3.8, 4) is 0 Å². The van der Waals surface area contributed by atoms with Crippen LogP contribution in [0.4, 0.5) is 4.79 Å². The Kier molecular flexibility index (Phi) is 3.48. The van der Waals surface area contributed by atoms with Gasteiger partial charge in [0, 0.05) is 18.5 Å². The highest BCUT2D eigenvalue weighted by Crippen LogP contribution is 2.74. The number of hydrogen-bond acceptors (Lipinski definition) is 5. The Labute approximate surface area is 153 Å². The van der Waals surface area contributed by atoms with E-state index in [4.69, 9.17) is 9.47 Å². The van der Waals surface area contributed by atoms with Gasteiger partial charge in [0.1, 0.15) is 5.60 Å². The summed E-state index contributed by atoms with van der Waals surface area (Å²) in [5.41, 5.74) is -1.31. The molecule has 2 amide bonds. The van der Waals surface area contributed by atoms with Gasteiger partial charge in [0.15, 0.2) is 0 Å². The molecule has 1 aliphatic heterocycles. The first-order chi connectivity index (χ1) is 12.0. The maximum atomic E-state index is 13.0. The maximum Gasteiger partial charge on any atom is 0.407 e. The molecule has 1 N–H and O–H groups in total. The number of carbonyl (C=O) groups excluding carboxylic acids is 3. The number of amides is 2. The van der Waals surface area contributed by atoms with Crippen molar-refractivity contribution < 1.29 is 23.9 Å². The molecule has 1 atom stereocenters. The first-order valence-corrected chi connectivity index (χ1v) is 9.41. The fourth-order valence-electron chi connectivity index (χ4n) is 5.22. The minimum absolute atomic E-state index is 0.0101. The predicted octanol–water partition coefficient (Wildman–Crippen LogP) is 1.85. The van der Waals surface area contributed by atoms with Gasteiger partial charge in [-0.3, -0.25) is 9.59 Å². The normalized spacial score (nSPS) is 36.0. The largest absolute Gasteiger partial charge is 0.469 e. The second-order valence-electron chi connectivity index (χ2n) is 9.83. The molecule has 0 aromatic heterocycles. The van der Waals surface area contributed by atoms with Gasteiger partial charge in [-0.05, 0) is 52.9 Å². The number of nitrogens with one attached hydrogen (secondary N) is 1. The Morgan fingerprint density at radius 1 is 1.08 bits per heavy atom. The van der Waals surface area contributed by atoms with Crippen LogP contribution in [0.1, 0.15) is 52.9 Å². The van der Waals surface area contributed by atoms with Gasteiger partial charge < -0.3 is 19.7 Å². The molecule has 7 heteroatoms. The fraction of sp³-hybridized carbons (Fsp3) is 0.842. The second-order valence-corrected chi connectivity index (χ2v) is 9.83. The molecule has 5 rings (SSSR count). The van der Waals surface area contributed by atoms with Crippen molar-refractivity contribution in [1.29, 1.82) is 0 Å². The molecule has 4 aliphatic carbocycles. The molecule has 0 aromatic carbocycles. The van der Waals surface area contributed by atoms with Crippen LogP contribution < -0.4 is 5.32 Å². The van der Waals surface area contributed by atoms with Gasteiger partial charge in [-0.25, -0.2) is 4.79 Å². The van der Waals surface area contributed by atoms with E-state index >= 15 is 0 Å². The van der Waals surface area contributed by atoms with Crippen molar-refractivity contribution >= 4 is 18.0 Å². The highest BCUT2D eigenvalue weighted by Gasteiger charge is 2.76. The molecule has 7 nitrogen and oxygen atoms in total. The number of likely N-dealkylation sites (tertiary alicyclic amines) is 1. The van der Waals surface area contributed by atoms with Gasteiger partial charge in [-0.15, -0.1) is 0 Å². The molecular formula is C19H28N2O5. The van der Waals surface area contributed by atoms with E-state index in [0.29, 0.717) is 32.4 Å². The van der Waals surface area contributed by atoms with E-state index in [1.54, 1.807) is 0 Å². The summed E-state index contributed by atoms with van der Waals surface area (Å²) in [7, 11) is 1.40. The van der Waals surface area contributed by atoms with E-state index in [-0.39, 0.29) is 28.7 Å². The van der Waals surface area contributed by atoms with Crippen LogP contribution in [0.25, 0.3) is 0 Å². The summed E-state index contributed by atoms with van der Waals surface area (Å²) in [6.45, 7) is 6.74. The van der Waals surface area contributed by atoms with E-state index in [9.17, 15) is 14.4 Å². The average Bonchev–Trinajstić information content (AvgIpc) is 3.12. The van der Waals surface area contributed by atoms with Crippen molar-refractivity contribution in [1.82, 2.24) is 10.2 Å². The van der Waals surface area contributed by atoms with Gasteiger partial charge in [0.2, 0.25) is 5.91 Å². The third-order valence-electron chi connectivity index (χ3n) is 6.62. The van der Waals surface area contributed by atoms with Crippen molar-refractivity contribution in [3.63, 3.8) is 0 Å². The summed E-state index contributed by atoms with van der Waals surface area (Å²) < 4.78 is 10.2. The van der Waals surface area contributed by atoms with Crippen LogP contribution in [-0.4, -0.2) is 54.7 Å². The third-order valence-corrected chi connectivity index (χ3v) is 6.62. The monoisotopic (exact) mass is 364 g/mol. The molecule has 0 unspecified atom stereocenters. The number of alkyl carbamates (subject to hydrolysis) is 1. The molecule has 5 aliphatic rings. The number of ether oxygens (including phenoxy) is 2. The van der Waals surface area contributed by atoms with E-state index in [2.05, 4.69) is 5.32 Å². The summed E-state index contributed by atoms with van der Waals surface area (Å²) in [4.78, 5) is 38.9. The zero-order chi connectivity index (χ0) is 19.0. The summed E-state index contributed by atoms with van der Waals surface area (Å²) in [6.07, 6.45) is 3.46. The quantitative estimate of drug-likeness (QED) is 0.773. The predicted molar refractivity (Wildman–Crippen MR) is 92.1 cm³/mol. The van der Waals surface area contributed by atoms with Crippen molar-refractivity contribution in [2.75, 3.05) is 20.2 Å². The van der Waals surface area contributed by atoms with Crippen molar-refractivity contribution in [3.05, 3.63) is 0 Å². The lowest BCUT2D eigenvalue weighted by Gasteiger charge is -2.67. The number of methoxy groups -OCH3 is 1. The van der Waals surface area contributed by atoms with Crippen LogP contribution in [0.2, 0.25) is 0 Å². The SMILES string of the molecule is COC(=O)C12CC(C(=O)N3C[C@H](NC(=O)OC(C)(C)C)C4(CC4)C3)(C1)C2. The Hall–Kier alpha value is -1.79. The van der Waals surface area contributed by atoms with Crippen LogP contribution in [-0.2, 0) is 19.1 Å². The van der Waals surface area contributed by atoms with Crippen LogP contribution in [0.15, 0.2) is 0 Å². The first-order valence-electron chi connectivity index (χ1n) is 9.41. The molecule has 4 saturated carbocycles. The smallest absolute Gasteiger partial charge is 0.407 e. The summed E-state index contributed by atoms with van der Waals surface area (Å²) in [5.74, 6) is -0.0419. The number of nitrogens with zero attached hydrogens (tertiary/aromatic N) is 1. The topological polar surface area (TPSA) is 84.9 Å². The maximum absolute atomic E-state index is 13.0. The fourth-order valence-corrected chi connectivity index (χ4v) is 5.22. The minimum atomic E-state index is -0.539. The second kappa shape index (κ2) is 5.14. The average molecular weight is 364 g/mol. The highest BCUT2D eigenvalue weighted by atomic mass is 16.6. The summed E-state index contributed by atoms with van der Waals surface area (Å²) in [6, 6.07) is -0.0526. The van der Waals surface area contributed by atoms with Crippen molar-refractivity contribution in [2.45, 2.75) is 64.5 Å². The van der Waals surface area contributed by atoms with Crippen LogP contribution in [0.5, 0.6) is 0 Å². The van der Waals surface area contributed by atoms with E-state index in [0.717, 1.165) is 12.8 Å². The van der Waals surface area contributed by atoms with Gasteiger partial charge in [-0.1, -0.05) is 0 Å². The lowest BCUT2D eigenvalue weighted by molar-refractivity contribution is -0.227. The molecule has 26 heavy (non-hydrogen) atoms. The van der Waals surface area contributed by atoms with E-state index < -0.39 is 17.1 Å². The molecule has 1 heterocycles. The third kappa shape index (κ3) is 2.50. The van der Waals surface area contributed by atoms with Crippen LogP contribution in [0.3, 0.4) is 0 Å². The Balaban J connectivity index is 1.37. The Morgan fingerprint density at radius 3 is 2.19 bits per heavy atom. The van der Waals surface area contributed by atoms with E-state index in [1.165, 1.54) is 7.11 Å². The number of hydrogen-bond donors (Lipinski definition) is 1. The minimum Gasteiger partial charge on any atom is -0.469 e. The van der Waals surface area contributed by atoms with Crippen molar-refractivity contribution in [2.24, 2.45) is 16.2 Å². The molecule has 5 fully saturated rings. The van der Waals surface area contributed by atoms with Gasteiger partial charge >= 0.3 is 12.1 Å². The van der Waals surface area contributed by atoms with Gasteiger partial charge in [0.05, 0.1) is 24.0 Å². The standard InChI is InChI=1S/C19H28N2O5/c1-16(2,3)26-15(24)20-12-7-21(11-17(12)5-6-17)13(22)18-8-19(9-18,10-18)14(23)25-4/h12H,5-11H2,1-4H3,(H,20,24)/t12-,18?,19?/m0/s1. The molecule has 0 aromatic rings. The number of carbonyl (C=O) groups is 3. The zero-order valence-electron chi connectivity index (χ0n) is 16.0. The molecule has 1 spiro atoms. The zero-order valence-corrected chi connectivity index (χ0v) is 16.0. The molecule has 1 saturated heterocycles.